The van der Waals surface area contributed by atoms with Crippen LogP contribution in [-0.2, 0) is 6.54 Å². The first-order chi connectivity index (χ1) is 8.58. The molecule has 0 saturated carbocycles. The van der Waals surface area contributed by atoms with Crippen LogP contribution in [0.1, 0.15) is 5.56 Å². The summed E-state index contributed by atoms with van der Waals surface area (Å²) in [6, 6.07) is 9.09. The molecule has 0 fully saturated rings. The van der Waals surface area contributed by atoms with Crippen molar-refractivity contribution in [2.45, 2.75) is 6.54 Å². The Balaban J connectivity index is 2.33. The summed E-state index contributed by atoms with van der Waals surface area (Å²) < 4.78 is 18.8. The minimum Gasteiger partial charge on any atom is -0.456 e. The third kappa shape index (κ3) is 3.13. The van der Waals surface area contributed by atoms with Crippen molar-refractivity contribution in [2.75, 3.05) is 0 Å². The first-order valence-corrected chi connectivity index (χ1v) is 5.96. The highest BCUT2D eigenvalue weighted by Crippen LogP contribution is 2.32. The van der Waals surface area contributed by atoms with Gasteiger partial charge in [0.05, 0.1) is 5.02 Å². The topological polar surface area (TPSA) is 35.2 Å². The van der Waals surface area contributed by atoms with E-state index in [1.807, 2.05) is 0 Å². The van der Waals surface area contributed by atoms with Crippen LogP contribution in [0.25, 0.3) is 0 Å². The lowest BCUT2D eigenvalue weighted by atomic mass is 10.2. The Hall–Kier alpha value is -1.29. The molecule has 0 unspecified atom stereocenters. The van der Waals surface area contributed by atoms with Gasteiger partial charge in [-0.2, -0.15) is 0 Å². The molecule has 0 heterocycles. The smallest absolute Gasteiger partial charge is 0.147 e. The number of hydrogen-bond acceptors (Lipinski definition) is 2. The molecule has 0 atom stereocenters. The molecule has 5 heteroatoms. The molecule has 2 N–H and O–H groups in total. The Morgan fingerprint density at radius 3 is 2.61 bits per heavy atom. The van der Waals surface area contributed by atoms with Crippen LogP contribution in [0.5, 0.6) is 11.5 Å². The van der Waals surface area contributed by atoms with Crippen molar-refractivity contribution in [3.8, 4) is 11.5 Å². The third-order valence-electron chi connectivity index (χ3n) is 2.29. The molecule has 0 bridgehead atoms. The Morgan fingerprint density at radius 2 is 1.89 bits per heavy atom. The van der Waals surface area contributed by atoms with E-state index < -0.39 is 5.82 Å². The van der Waals surface area contributed by atoms with Gasteiger partial charge < -0.3 is 10.5 Å². The van der Waals surface area contributed by atoms with E-state index in [0.29, 0.717) is 27.1 Å². The number of halogens is 3. The number of nitrogens with two attached hydrogens (primary N) is 1. The highest BCUT2D eigenvalue weighted by Gasteiger charge is 2.06. The minimum atomic E-state index is -0.411. The van der Waals surface area contributed by atoms with Crippen molar-refractivity contribution in [2.24, 2.45) is 5.73 Å². The first-order valence-electron chi connectivity index (χ1n) is 5.21. The second-order valence-corrected chi connectivity index (χ2v) is 4.52. The predicted molar refractivity (Wildman–Crippen MR) is 70.8 cm³/mol. The Labute approximate surface area is 114 Å². The molecule has 0 aromatic heterocycles. The van der Waals surface area contributed by atoms with Gasteiger partial charge in [0, 0.05) is 23.7 Å². The van der Waals surface area contributed by atoms with Crippen molar-refractivity contribution >= 4 is 23.2 Å². The lowest BCUT2D eigenvalue weighted by Gasteiger charge is -2.09. The van der Waals surface area contributed by atoms with Crippen LogP contribution in [0.4, 0.5) is 4.39 Å². The summed E-state index contributed by atoms with van der Waals surface area (Å²) in [5, 5.41) is 0.891. The maximum absolute atomic E-state index is 13.3. The lowest BCUT2D eigenvalue weighted by Crippen LogP contribution is -1.97. The van der Waals surface area contributed by atoms with Crippen molar-refractivity contribution < 1.29 is 9.13 Å². The second kappa shape index (κ2) is 5.57. The van der Waals surface area contributed by atoms with E-state index in [1.54, 1.807) is 24.3 Å². The summed E-state index contributed by atoms with van der Waals surface area (Å²) in [5.74, 6) is 0.295. The van der Waals surface area contributed by atoms with Crippen LogP contribution in [0.2, 0.25) is 10.0 Å². The van der Waals surface area contributed by atoms with E-state index in [2.05, 4.69) is 0 Å². The monoisotopic (exact) mass is 285 g/mol. The van der Waals surface area contributed by atoms with Crippen LogP contribution in [-0.4, -0.2) is 0 Å². The molecule has 0 aliphatic heterocycles. The van der Waals surface area contributed by atoms with Crippen LogP contribution < -0.4 is 10.5 Å². The number of benzene rings is 2. The molecular weight excluding hydrogens is 276 g/mol. The largest absolute Gasteiger partial charge is 0.456 e. The van der Waals surface area contributed by atoms with Crippen LogP contribution in [0, 0.1) is 5.82 Å². The lowest BCUT2D eigenvalue weighted by molar-refractivity contribution is 0.476. The van der Waals surface area contributed by atoms with Crippen molar-refractivity contribution in [3.05, 3.63) is 57.8 Å². The second-order valence-electron chi connectivity index (χ2n) is 3.68. The Morgan fingerprint density at radius 1 is 1.11 bits per heavy atom. The van der Waals surface area contributed by atoms with Crippen LogP contribution in [0.3, 0.4) is 0 Å². The Bertz CT molecular complexity index is 575. The molecule has 0 aliphatic rings. The zero-order valence-corrected chi connectivity index (χ0v) is 10.8. The van der Waals surface area contributed by atoms with Crippen LogP contribution in [0.15, 0.2) is 36.4 Å². The zero-order valence-electron chi connectivity index (χ0n) is 9.29. The van der Waals surface area contributed by atoms with Crippen LogP contribution >= 0.6 is 23.2 Å². The van der Waals surface area contributed by atoms with Gasteiger partial charge in [-0.15, -0.1) is 0 Å². The summed E-state index contributed by atoms with van der Waals surface area (Å²) >= 11 is 11.8. The molecule has 0 saturated heterocycles. The van der Waals surface area contributed by atoms with E-state index in [1.165, 1.54) is 12.1 Å². The summed E-state index contributed by atoms with van der Waals surface area (Å²) in [7, 11) is 0. The maximum atomic E-state index is 13.3. The molecular formula is C13H10Cl2FNO. The van der Waals surface area contributed by atoms with Gasteiger partial charge in [0.1, 0.15) is 17.3 Å². The average molecular weight is 286 g/mol. The average Bonchev–Trinajstić information content (AvgIpc) is 2.33. The van der Waals surface area contributed by atoms with Crippen molar-refractivity contribution in [1.29, 1.82) is 0 Å². The molecule has 0 amide bonds. The molecule has 94 valence electrons. The fraction of sp³-hybridized carbons (Fsp3) is 0.0769. The van der Waals surface area contributed by atoms with Gasteiger partial charge in [0.2, 0.25) is 0 Å². The molecule has 0 radical (unpaired) electrons. The molecule has 2 rings (SSSR count). The van der Waals surface area contributed by atoms with E-state index in [-0.39, 0.29) is 6.54 Å². The van der Waals surface area contributed by atoms with Gasteiger partial charge in [-0.05, 0) is 29.8 Å². The van der Waals surface area contributed by atoms with E-state index in [9.17, 15) is 4.39 Å². The van der Waals surface area contributed by atoms with Gasteiger partial charge in [-0.25, -0.2) is 4.39 Å². The molecule has 18 heavy (non-hydrogen) atoms. The molecule has 2 nitrogen and oxygen atoms in total. The molecule has 0 aliphatic carbocycles. The van der Waals surface area contributed by atoms with Gasteiger partial charge >= 0.3 is 0 Å². The quantitative estimate of drug-likeness (QED) is 0.908. The highest BCUT2D eigenvalue weighted by molar-refractivity contribution is 6.34. The van der Waals surface area contributed by atoms with Gasteiger partial charge in [0.25, 0.3) is 0 Å². The summed E-state index contributed by atoms with van der Waals surface area (Å²) in [6.07, 6.45) is 0. The molecule has 2 aromatic rings. The Kier molecular flexibility index (Phi) is 4.07. The number of hydrogen-bond donors (Lipinski definition) is 1. The first kappa shape index (κ1) is 13.1. The summed E-state index contributed by atoms with van der Waals surface area (Å²) in [4.78, 5) is 0. The van der Waals surface area contributed by atoms with E-state index >= 15 is 0 Å². The van der Waals surface area contributed by atoms with Gasteiger partial charge in [-0.3, -0.25) is 0 Å². The maximum Gasteiger partial charge on any atom is 0.147 e. The highest BCUT2D eigenvalue weighted by atomic mass is 35.5. The number of rotatable bonds is 3. The SMILES string of the molecule is NCc1cc(F)cc(Oc2cc(Cl)ccc2Cl)c1. The molecule has 2 aromatic carbocycles. The predicted octanol–water partition coefficient (Wildman–Crippen LogP) is 4.38. The van der Waals surface area contributed by atoms with E-state index in [4.69, 9.17) is 33.7 Å². The zero-order chi connectivity index (χ0) is 13.1. The van der Waals surface area contributed by atoms with Crippen molar-refractivity contribution in [1.82, 2.24) is 0 Å². The summed E-state index contributed by atoms with van der Waals surface area (Å²) in [5.41, 5.74) is 6.11. The van der Waals surface area contributed by atoms with Gasteiger partial charge in [-0.1, -0.05) is 23.2 Å². The van der Waals surface area contributed by atoms with Crippen molar-refractivity contribution in [3.63, 3.8) is 0 Å². The number of ether oxygens (including phenoxy) is 1. The molecule has 0 spiro atoms. The third-order valence-corrected chi connectivity index (χ3v) is 2.84. The minimum absolute atomic E-state index is 0.234. The van der Waals surface area contributed by atoms with E-state index in [0.717, 1.165) is 0 Å². The summed E-state index contributed by atoms with van der Waals surface area (Å²) in [6.45, 7) is 0.234. The van der Waals surface area contributed by atoms with Gasteiger partial charge in [0.15, 0.2) is 0 Å². The fourth-order valence-electron chi connectivity index (χ4n) is 1.48. The standard InChI is InChI=1S/C13H10Cl2FNO/c14-9-1-2-12(15)13(5-9)18-11-4-8(7-17)3-10(16)6-11/h1-6H,7,17H2. The normalized spacial score (nSPS) is 10.4. The fourth-order valence-corrected chi connectivity index (χ4v) is 1.80.